The van der Waals surface area contributed by atoms with Crippen molar-refractivity contribution in [1.82, 2.24) is 20.0 Å². The van der Waals surface area contributed by atoms with Gasteiger partial charge in [-0.15, -0.1) is 0 Å². The van der Waals surface area contributed by atoms with Gasteiger partial charge in [0.2, 0.25) is 5.91 Å². The highest BCUT2D eigenvalue weighted by Crippen LogP contribution is 2.27. The number of rotatable bonds is 5. The van der Waals surface area contributed by atoms with E-state index < -0.39 is 0 Å². The van der Waals surface area contributed by atoms with Gasteiger partial charge in [-0.3, -0.25) is 14.4 Å². The van der Waals surface area contributed by atoms with Crippen molar-refractivity contribution in [3.8, 4) is 0 Å². The first-order valence-electron chi connectivity index (χ1n) is 8.31. The molecular formula is C17H22N4O2. The highest BCUT2D eigenvalue weighted by atomic mass is 16.3. The van der Waals surface area contributed by atoms with Crippen molar-refractivity contribution in [2.75, 3.05) is 13.1 Å². The molecule has 2 aromatic rings. The fraction of sp³-hybridized carbons (Fsp3) is 0.529. The maximum absolute atomic E-state index is 12.6. The van der Waals surface area contributed by atoms with Gasteiger partial charge in [-0.25, -0.2) is 0 Å². The van der Waals surface area contributed by atoms with E-state index in [1.807, 2.05) is 29.1 Å². The molecule has 122 valence electrons. The van der Waals surface area contributed by atoms with E-state index >= 15 is 0 Å². The molecule has 3 heterocycles. The molecule has 0 saturated heterocycles. The van der Waals surface area contributed by atoms with E-state index in [0.29, 0.717) is 19.0 Å². The molecule has 0 spiro atoms. The second-order valence-electron chi connectivity index (χ2n) is 6.64. The Labute approximate surface area is 135 Å². The molecule has 4 rings (SSSR count). The van der Waals surface area contributed by atoms with Crippen molar-refractivity contribution in [1.29, 1.82) is 0 Å². The lowest BCUT2D eigenvalue weighted by Crippen LogP contribution is -2.39. The molecule has 1 aliphatic heterocycles. The lowest BCUT2D eigenvalue weighted by atomic mass is 10.1. The van der Waals surface area contributed by atoms with Crippen molar-refractivity contribution in [3.63, 3.8) is 0 Å². The van der Waals surface area contributed by atoms with Gasteiger partial charge < -0.3 is 9.73 Å². The molecule has 2 aromatic heterocycles. The van der Waals surface area contributed by atoms with Crippen LogP contribution in [-0.4, -0.2) is 33.7 Å². The Bertz CT molecular complexity index is 660. The number of amides is 1. The van der Waals surface area contributed by atoms with Crippen LogP contribution in [0.15, 0.2) is 35.1 Å². The number of hydrogen-bond donors (Lipinski definition) is 1. The van der Waals surface area contributed by atoms with Gasteiger partial charge in [-0.2, -0.15) is 5.10 Å². The highest BCUT2D eigenvalue weighted by molar-refractivity contribution is 5.78. The Morgan fingerprint density at radius 2 is 2.26 bits per heavy atom. The molecule has 6 heteroatoms. The standard InChI is InChI=1S/C17H22N4O2/c22-17(18-8-13-3-4-13)14-9-20(12-16-2-1-7-23-16)11-15-5-6-19-21(15)10-14/h1-2,5-7,13-14H,3-4,8-12H2,(H,18,22). The number of carbonyl (C=O) groups is 1. The summed E-state index contributed by atoms with van der Waals surface area (Å²) in [5.41, 5.74) is 1.15. The average Bonchev–Trinajstić information content (AvgIpc) is 3.12. The molecule has 1 atom stereocenters. The van der Waals surface area contributed by atoms with Crippen molar-refractivity contribution in [2.24, 2.45) is 11.8 Å². The molecule has 6 nitrogen and oxygen atoms in total. The zero-order valence-electron chi connectivity index (χ0n) is 13.1. The van der Waals surface area contributed by atoms with Gasteiger partial charge in [0.25, 0.3) is 0 Å². The number of nitrogens with one attached hydrogen (secondary N) is 1. The third-order valence-corrected chi connectivity index (χ3v) is 4.65. The summed E-state index contributed by atoms with van der Waals surface area (Å²) in [5, 5.41) is 7.49. The number of furan rings is 1. The molecule has 23 heavy (non-hydrogen) atoms. The van der Waals surface area contributed by atoms with Crippen LogP contribution in [0.25, 0.3) is 0 Å². The first-order chi connectivity index (χ1) is 11.3. The summed E-state index contributed by atoms with van der Waals surface area (Å²) < 4.78 is 7.43. The summed E-state index contributed by atoms with van der Waals surface area (Å²) in [6.45, 7) is 3.69. The summed E-state index contributed by atoms with van der Waals surface area (Å²) >= 11 is 0. The topological polar surface area (TPSA) is 63.3 Å². The Hall–Kier alpha value is -2.08. The zero-order valence-corrected chi connectivity index (χ0v) is 13.1. The van der Waals surface area contributed by atoms with Gasteiger partial charge in [-0.05, 0) is 37.0 Å². The zero-order chi connectivity index (χ0) is 15.6. The molecule has 1 saturated carbocycles. The molecule has 0 aromatic carbocycles. The van der Waals surface area contributed by atoms with Crippen LogP contribution in [0.3, 0.4) is 0 Å². The van der Waals surface area contributed by atoms with Crippen LogP contribution in [-0.2, 0) is 24.4 Å². The molecule has 1 aliphatic carbocycles. The predicted molar refractivity (Wildman–Crippen MR) is 84.3 cm³/mol. The number of fused-ring (bicyclic) bond motifs is 1. The maximum Gasteiger partial charge on any atom is 0.226 e. The van der Waals surface area contributed by atoms with Crippen molar-refractivity contribution < 1.29 is 9.21 Å². The fourth-order valence-electron chi connectivity index (χ4n) is 3.15. The van der Waals surface area contributed by atoms with Crippen LogP contribution in [0.2, 0.25) is 0 Å². The first kappa shape index (κ1) is 14.5. The van der Waals surface area contributed by atoms with Gasteiger partial charge in [0.05, 0.1) is 31.0 Å². The first-order valence-corrected chi connectivity index (χ1v) is 8.31. The lowest BCUT2D eigenvalue weighted by Gasteiger charge is -2.22. The Morgan fingerprint density at radius 3 is 3.04 bits per heavy atom. The predicted octanol–water partition coefficient (Wildman–Crippen LogP) is 1.63. The normalized spacial score (nSPS) is 21.7. The van der Waals surface area contributed by atoms with Crippen LogP contribution in [0.4, 0.5) is 0 Å². The van der Waals surface area contributed by atoms with E-state index in [4.69, 9.17) is 4.42 Å². The Morgan fingerprint density at radius 1 is 1.35 bits per heavy atom. The monoisotopic (exact) mass is 314 g/mol. The average molecular weight is 314 g/mol. The number of hydrogen-bond acceptors (Lipinski definition) is 4. The molecule has 0 bridgehead atoms. The summed E-state index contributed by atoms with van der Waals surface area (Å²) in [4.78, 5) is 14.8. The second kappa shape index (κ2) is 6.20. The van der Waals surface area contributed by atoms with Crippen LogP contribution in [0, 0.1) is 11.8 Å². The van der Waals surface area contributed by atoms with Gasteiger partial charge in [0.1, 0.15) is 5.76 Å². The molecule has 1 unspecified atom stereocenters. The van der Waals surface area contributed by atoms with E-state index in [-0.39, 0.29) is 11.8 Å². The molecule has 1 amide bonds. The third-order valence-electron chi connectivity index (χ3n) is 4.65. The maximum atomic E-state index is 12.6. The smallest absolute Gasteiger partial charge is 0.226 e. The molecule has 1 fully saturated rings. The molecule has 0 radical (unpaired) electrons. The van der Waals surface area contributed by atoms with E-state index in [2.05, 4.69) is 15.3 Å². The minimum atomic E-state index is -0.0788. The minimum absolute atomic E-state index is 0.0788. The van der Waals surface area contributed by atoms with Crippen molar-refractivity contribution in [2.45, 2.75) is 32.5 Å². The second-order valence-corrected chi connectivity index (χ2v) is 6.64. The van der Waals surface area contributed by atoms with E-state index in [0.717, 1.165) is 31.1 Å². The van der Waals surface area contributed by atoms with Gasteiger partial charge >= 0.3 is 0 Å². The highest BCUT2D eigenvalue weighted by Gasteiger charge is 2.29. The van der Waals surface area contributed by atoms with Crippen LogP contribution < -0.4 is 5.32 Å². The molecular weight excluding hydrogens is 292 g/mol. The van der Waals surface area contributed by atoms with E-state index in [9.17, 15) is 4.79 Å². The quantitative estimate of drug-likeness (QED) is 0.911. The Kier molecular flexibility index (Phi) is 3.91. The van der Waals surface area contributed by atoms with Crippen LogP contribution in [0.1, 0.15) is 24.3 Å². The summed E-state index contributed by atoms with van der Waals surface area (Å²) in [6, 6.07) is 5.90. The summed E-state index contributed by atoms with van der Waals surface area (Å²) in [7, 11) is 0. The third kappa shape index (κ3) is 3.47. The van der Waals surface area contributed by atoms with Gasteiger partial charge in [0.15, 0.2) is 0 Å². The summed E-state index contributed by atoms with van der Waals surface area (Å²) in [6.07, 6.45) is 6.00. The SMILES string of the molecule is O=C(NCC1CC1)C1CN(Cc2ccco2)Cc2ccnn2C1. The van der Waals surface area contributed by atoms with Crippen molar-refractivity contribution in [3.05, 3.63) is 42.1 Å². The number of carbonyl (C=O) groups excluding carboxylic acids is 1. The number of aromatic nitrogens is 2. The van der Waals surface area contributed by atoms with E-state index in [1.54, 1.807) is 6.26 Å². The summed E-state index contributed by atoms with van der Waals surface area (Å²) in [5.74, 6) is 1.69. The van der Waals surface area contributed by atoms with Crippen LogP contribution in [0.5, 0.6) is 0 Å². The molecule has 1 N–H and O–H groups in total. The van der Waals surface area contributed by atoms with Crippen LogP contribution >= 0.6 is 0 Å². The lowest BCUT2D eigenvalue weighted by molar-refractivity contribution is -0.126. The molecule has 2 aliphatic rings. The number of nitrogens with zero attached hydrogens (tertiary/aromatic N) is 3. The van der Waals surface area contributed by atoms with E-state index in [1.165, 1.54) is 12.8 Å². The minimum Gasteiger partial charge on any atom is -0.468 e. The van der Waals surface area contributed by atoms with Gasteiger partial charge in [0, 0.05) is 25.8 Å². The fourth-order valence-corrected chi connectivity index (χ4v) is 3.15. The van der Waals surface area contributed by atoms with Crippen molar-refractivity contribution >= 4 is 5.91 Å². The van der Waals surface area contributed by atoms with Gasteiger partial charge in [-0.1, -0.05) is 0 Å². The Balaban J connectivity index is 1.47. The largest absolute Gasteiger partial charge is 0.468 e.